The lowest BCUT2D eigenvalue weighted by molar-refractivity contribution is 0.292. The van der Waals surface area contributed by atoms with Crippen LogP contribution < -0.4 is 16.0 Å². The van der Waals surface area contributed by atoms with E-state index in [1.807, 2.05) is 52.0 Å². The van der Waals surface area contributed by atoms with Crippen LogP contribution in [0.4, 0.5) is 0 Å². The topological polar surface area (TPSA) is 70.1 Å². The summed E-state index contributed by atoms with van der Waals surface area (Å²) in [4.78, 5) is 12.3. The molecule has 1 aromatic carbocycles. The predicted molar refractivity (Wildman–Crippen MR) is 104 cm³/mol. The second kappa shape index (κ2) is 8.39. The Morgan fingerprint density at radius 1 is 1.31 bits per heavy atom. The van der Waals surface area contributed by atoms with Crippen LogP contribution in [-0.2, 0) is 12.1 Å². The molecule has 1 atom stereocenters. The van der Waals surface area contributed by atoms with E-state index in [0.29, 0.717) is 6.42 Å². The summed E-state index contributed by atoms with van der Waals surface area (Å²) in [7, 11) is 0. The summed E-state index contributed by atoms with van der Waals surface area (Å²) in [6.07, 6.45) is 2.14. The number of ether oxygens (including phenoxy) is 1. The Morgan fingerprint density at radius 3 is 2.54 bits per heavy atom. The van der Waals surface area contributed by atoms with Gasteiger partial charge < -0.3 is 10.5 Å². The molecule has 2 rings (SSSR count). The van der Waals surface area contributed by atoms with E-state index in [-0.39, 0.29) is 29.0 Å². The first kappa shape index (κ1) is 20.0. The van der Waals surface area contributed by atoms with Crippen LogP contribution in [-0.4, -0.2) is 15.8 Å². The van der Waals surface area contributed by atoms with Crippen molar-refractivity contribution in [2.45, 2.75) is 52.3 Å². The summed E-state index contributed by atoms with van der Waals surface area (Å²) in [6.45, 7) is 7.87. The maximum atomic E-state index is 12.3. The van der Waals surface area contributed by atoms with Crippen LogP contribution in [0.25, 0.3) is 0 Å². The first-order chi connectivity index (χ1) is 12.2. The van der Waals surface area contributed by atoms with Crippen molar-refractivity contribution >= 4 is 11.6 Å². The van der Waals surface area contributed by atoms with Gasteiger partial charge >= 0.3 is 0 Å². The number of hydrogen-bond acceptors (Lipinski definition) is 4. The highest BCUT2D eigenvalue weighted by Gasteiger charge is 2.19. The molecule has 2 aromatic rings. The molecule has 0 unspecified atom stereocenters. The molecule has 1 heterocycles. The fourth-order valence-corrected chi connectivity index (χ4v) is 2.34. The molecule has 1 aromatic heterocycles. The molecule has 0 aliphatic carbocycles. The van der Waals surface area contributed by atoms with Gasteiger partial charge in [0.25, 0.3) is 5.56 Å². The van der Waals surface area contributed by atoms with Gasteiger partial charge in [-0.3, -0.25) is 4.79 Å². The zero-order chi connectivity index (χ0) is 19.3. The van der Waals surface area contributed by atoms with Crippen molar-refractivity contribution in [3.63, 3.8) is 0 Å². The highest BCUT2D eigenvalue weighted by molar-refractivity contribution is 6.31. The van der Waals surface area contributed by atoms with Crippen molar-refractivity contribution in [1.82, 2.24) is 9.78 Å². The minimum absolute atomic E-state index is 0.0355. The van der Waals surface area contributed by atoms with Gasteiger partial charge in [0.15, 0.2) is 10.8 Å². The van der Waals surface area contributed by atoms with Crippen molar-refractivity contribution in [3.8, 4) is 17.6 Å². The van der Waals surface area contributed by atoms with E-state index in [1.54, 1.807) is 0 Å². The lowest BCUT2D eigenvalue weighted by Gasteiger charge is -2.21. The third-order valence-corrected chi connectivity index (χ3v) is 3.88. The SMILES string of the molecule is C[C@H](N)CC#Cc1ccc(COc2cnn(C(C)(C)C)c(=O)c2Cl)cc1. The summed E-state index contributed by atoms with van der Waals surface area (Å²) in [5.41, 5.74) is 6.72. The summed E-state index contributed by atoms with van der Waals surface area (Å²) in [6, 6.07) is 7.76. The molecule has 0 saturated carbocycles. The van der Waals surface area contributed by atoms with Gasteiger partial charge in [0.2, 0.25) is 0 Å². The average Bonchev–Trinajstić information content (AvgIpc) is 2.56. The van der Waals surface area contributed by atoms with Crippen molar-refractivity contribution < 1.29 is 4.74 Å². The number of aromatic nitrogens is 2. The summed E-state index contributed by atoms with van der Waals surface area (Å²) in [5.74, 6) is 6.38. The monoisotopic (exact) mass is 373 g/mol. The number of benzene rings is 1. The Kier molecular flexibility index (Phi) is 6.47. The standard InChI is InChI=1S/C20H24ClN3O2/c1-14(22)6-5-7-15-8-10-16(11-9-15)13-26-17-12-23-24(20(2,3)4)19(25)18(17)21/h8-12,14H,6,13,22H2,1-4H3/t14-/m0/s1. The third-order valence-electron chi connectivity index (χ3n) is 3.53. The largest absolute Gasteiger partial charge is 0.485 e. The van der Waals surface area contributed by atoms with E-state index in [0.717, 1.165) is 11.1 Å². The summed E-state index contributed by atoms with van der Waals surface area (Å²) < 4.78 is 7.01. The second-order valence-corrected chi connectivity index (χ2v) is 7.56. The minimum Gasteiger partial charge on any atom is -0.485 e. The van der Waals surface area contributed by atoms with Gasteiger partial charge in [-0.1, -0.05) is 35.6 Å². The highest BCUT2D eigenvalue weighted by Crippen LogP contribution is 2.21. The molecular weight excluding hydrogens is 350 g/mol. The van der Waals surface area contributed by atoms with Gasteiger partial charge in [-0.05, 0) is 45.4 Å². The van der Waals surface area contributed by atoms with Gasteiger partial charge in [-0.25, -0.2) is 4.68 Å². The molecule has 0 amide bonds. The number of nitrogens with two attached hydrogens (primary N) is 1. The first-order valence-electron chi connectivity index (χ1n) is 8.43. The van der Waals surface area contributed by atoms with Crippen LogP contribution >= 0.6 is 11.6 Å². The van der Waals surface area contributed by atoms with E-state index in [4.69, 9.17) is 22.1 Å². The van der Waals surface area contributed by atoms with Gasteiger partial charge in [-0.15, -0.1) is 0 Å². The zero-order valence-corrected chi connectivity index (χ0v) is 16.3. The Hall–Kier alpha value is -2.29. The van der Waals surface area contributed by atoms with Crippen molar-refractivity contribution in [2.24, 2.45) is 5.73 Å². The van der Waals surface area contributed by atoms with E-state index >= 15 is 0 Å². The smallest absolute Gasteiger partial charge is 0.289 e. The summed E-state index contributed by atoms with van der Waals surface area (Å²) in [5, 5.41) is 4.19. The van der Waals surface area contributed by atoms with Crippen LogP contribution in [0.15, 0.2) is 35.3 Å². The summed E-state index contributed by atoms with van der Waals surface area (Å²) >= 11 is 6.15. The van der Waals surface area contributed by atoms with Crippen LogP contribution in [0.2, 0.25) is 5.02 Å². The quantitative estimate of drug-likeness (QED) is 0.834. The normalized spacial score (nSPS) is 12.2. The predicted octanol–water partition coefficient (Wildman–Crippen LogP) is 3.32. The molecule has 0 radical (unpaired) electrons. The van der Waals surface area contributed by atoms with Crippen molar-refractivity contribution in [2.75, 3.05) is 0 Å². The molecule has 0 spiro atoms. The molecule has 26 heavy (non-hydrogen) atoms. The van der Waals surface area contributed by atoms with Crippen LogP contribution in [0.1, 0.15) is 45.2 Å². The molecule has 5 nitrogen and oxygen atoms in total. The second-order valence-electron chi connectivity index (χ2n) is 7.18. The number of rotatable bonds is 4. The zero-order valence-electron chi connectivity index (χ0n) is 15.5. The van der Waals surface area contributed by atoms with E-state index in [2.05, 4.69) is 16.9 Å². The van der Waals surface area contributed by atoms with Gasteiger partial charge in [0.05, 0.1) is 11.7 Å². The third kappa shape index (κ3) is 5.35. The van der Waals surface area contributed by atoms with E-state index in [1.165, 1.54) is 10.9 Å². The van der Waals surface area contributed by atoms with Gasteiger partial charge in [-0.2, -0.15) is 5.10 Å². The van der Waals surface area contributed by atoms with Gasteiger partial charge in [0, 0.05) is 18.0 Å². The lowest BCUT2D eigenvalue weighted by atomic mass is 10.1. The fourth-order valence-electron chi connectivity index (χ4n) is 2.16. The Balaban J connectivity index is 2.06. The molecular formula is C20H24ClN3O2. The number of nitrogens with zero attached hydrogens (tertiary/aromatic N) is 2. The molecule has 6 heteroatoms. The van der Waals surface area contributed by atoms with Crippen LogP contribution in [0, 0.1) is 11.8 Å². The van der Waals surface area contributed by atoms with E-state index < -0.39 is 5.54 Å². The van der Waals surface area contributed by atoms with Crippen molar-refractivity contribution in [1.29, 1.82) is 0 Å². The van der Waals surface area contributed by atoms with Crippen LogP contribution in [0.3, 0.4) is 0 Å². The average molecular weight is 374 g/mol. The van der Waals surface area contributed by atoms with Gasteiger partial charge in [0.1, 0.15) is 6.61 Å². The molecule has 0 saturated heterocycles. The van der Waals surface area contributed by atoms with Crippen LogP contribution in [0.5, 0.6) is 5.75 Å². The minimum atomic E-state index is -0.447. The van der Waals surface area contributed by atoms with Crippen molar-refractivity contribution in [3.05, 3.63) is 57.0 Å². The Morgan fingerprint density at radius 2 is 1.96 bits per heavy atom. The number of hydrogen-bond donors (Lipinski definition) is 1. The molecule has 0 fully saturated rings. The fraction of sp³-hybridized carbons (Fsp3) is 0.400. The molecule has 0 aliphatic rings. The molecule has 0 bridgehead atoms. The molecule has 2 N–H and O–H groups in total. The number of halogens is 1. The maximum Gasteiger partial charge on any atom is 0.289 e. The first-order valence-corrected chi connectivity index (χ1v) is 8.81. The molecule has 138 valence electrons. The Labute approximate surface area is 159 Å². The maximum absolute atomic E-state index is 12.3. The lowest BCUT2D eigenvalue weighted by Crippen LogP contribution is -2.36. The van der Waals surface area contributed by atoms with E-state index in [9.17, 15) is 4.79 Å². The molecule has 0 aliphatic heterocycles. The highest BCUT2D eigenvalue weighted by atomic mass is 35.5. The Bertz CT molecular complexity index is 869.